The van der Waals surface area contributed by atoms with Crippen molar-refractivity contribution >= 4 is 46.4 Å². The average Bonchev–Trinajstić information content (AvgIpc) is 3.69. The van der Waals surface area contributed by atoms with Gasteiger partial charge in [-0.2, -0.15) is 0 Å². The Morgan fingerprint density at radius 1 is 0.983 bits per heavy atom. The first-order chi connectivity index (χ1) is 28.2. The van der Waals surface area contributed by atoms with Gasteiger partial charge in [-0.3, -0.25) is 24.2 Å². The predicted octanol–water partition coefficient (Wildman–Crippen LogP) is 5.67. The number of benzene rings is 1. The zero-order valence-electron chi connectivity index (χ0n) is 38.0. The molecule has 0 aliphatic carbocycles. The van der Waals surface area contributed by atoms with Crippen LogP contribution in [0.5, 0.6) is 5.75 Å². The van der Waals surface area contributed by atoms with Gasteiger partial charge in [0.15, 0.2) is 0 Å². The molecule has 3 aliphatic heterocycles. The zero-order chi connectivity index (χ0) is 44.6. The van der Waals surface area contributed by atoms with E-state index in [1.807, 2.05) is 53.7 Å². The van der Waals surface area contributed by atoms with E-state index in [2.05, 4.69) is 12.2 Å². The van der Waals surface area contributed by atoms with Crippen LogP contribution in [-0.2, 0) is 35.1 Å². The molecule has 334 valence electrons. The maximum absolute atomic E-state index is 14.7. The van der Waals surface area contributed by atoms with Crippen molar-refractivity contribution in [1.82, 2.24) is 20.0 Å². The molecule has 1 fully saturated rings. The van der Waals surface area contributed by atoms with E-state index in [4.69, 9.17) is 14.5 Å². The fourth-order valence-electron chi connectivity index (χ4n) is 8.28. The maximum atomic E-state index is 14.7. The zero-order valence-corrected chi connectivity index (χ0v) is 38.8. The summed E-state index contributed by atoms with van der Waals surface area (Å²) in [5, 5.41) is 15.2. The molecule has 0 radical (unpaired) electrons. The minimum atomic E-state index is -1.03. The first-order valence-electron chi connectivity index (χ1n) is 21.7. The number of rotatable bonds is 5. The Balaban J connectivity index is 1.76. The molecule has 60 heavy (non-hydrogen) atoms. The van der Waals surface area contributed by atoms with Crippen molar-refractivity contribution in [2.45, 2.75) is 150 Å². The Hall–Kier alpha value is -3.91. The predicted molar refractivity (Wildman–Crippen MR) is 237 cm³/mol. The summed E-state index contributed by atoms with van der Waals surface area (Å²) in [7, 11) is 4.69. The second kappa shape index (κ2) is 21.3. The molecule has 2 N–H and O–H groups in total. The summed E-state index contributed by atoms with van der Waals surface area (Å²) < 4.78 is 11.7. The van der Waals surface area contributed by atoms with Gasteiger partial charge in [-0.25, -0.2) is 4.79 Å². The summed E-state index contributed by atoms with van der Waals surface area (Å²) >= 11 is 1.56. The van der Waals surface area contributed by atoms with Crippen LogP contribution in [0.4, 0.5) is 0 Å². The van der Waals surface area contributed by atoms with Crippen LogP contribution in [0.3, 0.4) is 0 Å². The number of hydrogen-bond acceptors (Lipinski definition) is 10. The Bertz CT molecular complexity index is 1740. The van der Waals surface area contributed by atoms with E-state index in [1.165, 1.54) is 16.8 Å². The summed E-state index contributed by atoms with van der Waals surface area (Å²) in [4.78, 5) is 80.9. The quantitative estimate of drug-likeness (QED) is 0.357. The molecule has 13 nitrogen and oxygen atoms in total. The van der Waals surface area contributed by atoms with Crippen LogP contribution < -0.4 is 10.1 Å². The lowest BCUT2D eigenvalue weighted by Gasteiger charge is -2.42. The Labute approximate surface area is 362 Å². The minimum Gasteiger partial charge on any atom is -0.497 e. The number of amides is 4. The van der Waals surface area contributed by atoms with E-state index in [0.29, 0.717) is 55.7 Å². The number of carbonyl (C=O) groups is 5. The number of piperidine rings is 1. The van der Waals surface area contributed by atoms with Gasteiger partial charge >= 0.3 is 5.97 Å². The summed E-state index contributed by atoms with van der Waals surface area (Å²) in [5.74, 6) is -1.40. The number of nitrogens with one attached hydrogen (secondary N) is 1. The summed E-state index contributed by atoms with van der Waals surface area (Å²) in [6, 6.07) is 3.18. The molecule has 3 aliphatic rings. The van der Waals surface area contributed by atoms with Crippen molar-refractivity contribution in [2.75, 3.05) is 33.5 Å². The third-order valence-electron chi connectivity index (χ3n) is 12.7. The van der Waals surface area contributed by atoms with E-state index < -0.39 is 65.5 Å². The highest BCUT2D eigenvalue weighted by molar-refractivity contribution is 8.14. The molecule has 1 aromatic rings. The molecule has 4 rings (SSSR count). The molecule has 10 atom stereocenters. The van der Waals surface area contributed by atoms with Gasteiger partial charge in [0.2, 0.25) is 23.6 Å². The number of aliphatic hydroxyl groups excluding tert-OH is 1. The SMILES string of the molecule is CC[C@H](C)[C@H]1C(=O)N2CCCC[C@H]2C(=O)O[C@H](C(C)(C)C)C[C@@H](C)C[C@H](O)[C@H](C)C2=N[C@@H](/C=C(\C)C(=O)N[C@@H](Cc3ccc(OC)cc3)C(=O)N(C)[C@@H](C)C(=O)N1C)CS2. The van der Waals surface area contributed by atoms with Crippen molar-refractivity contribution in [3.63, 3.8) is 0 Å². The van der Waals surface area contributed by atoms with Crippen molar-refractivity contribution in [2.24, 2.45) is 28.2 Å². The molecular weight excluding hydrogens is 783 g/mol. The number of aliphatic hydroxyl groups is 1. The number of nitrogens with zero attached hydrogens (tertiary/aromatic N) is 4. The van der Waals surface area contributed by atoms with Crippen LogP contribution in [0.2, 0.25) is 0 Å². The van der Waals surface area contributed by atoms with Crippen molar-refractivity contribution in [1.29, 1.82) is 0 Å². The third kappa shape index (κ3) is 12.1. The second-order valence-corrected chi connectivity index (χ2v) is 19.5. The monoisotopic (exact) mass is 854 g/mol. The van der Waals surface area contributed by atoms with E-state index in [9.17, 15) is 29.1 Å². The molecule has 14 heteroatoms. The molecule has 3 heterocycles. The second-order valence-electron chi connectivity index (χ2n) is 18.4. The lowest BCUT2D eigenvalue weighted by Crippen LogP contribution is -2.61. The molecule has 1 saturated heterocycles. The van der Waals surface area contributed by atoms with Crippen molar-refractivity contribution in [3.8, 4) is 5.75 Å². The maximum Gasteiger partial charge on any atom is 0.329 e. The molecule has 2 bridgehead atoms. The third-order valence-corrected chi connectivity index (χ3v) is 14.0. The number of carbonyl (C=O) groups excluding carboxylic acids is 5. The van der Waals surface area contributed by atoms with Crippen LogP contribution in [0, 0.1) is 23.2 Å². The number of likely N-dealkylation sites (N-methyl/N-ethyl adjacent to an activating group) is 2. The summed E-state index contributed by atoms with van der Waals surface area (Å²) in [6.45, 7) is 17.6. The number of methoxy groups -OCH3 is 1. The van der Waals surface area contributed by atoms with Gasteiger partial charge in [-0.15, -0.1) is 11.8 Å². The van der Waals surface area contributed by atoms with Crippen molar-refractivity contribution in [3.05, 3.63) is 41.5 Å². The fraction of sp³-hybridized carbons (Fsp3) is 0.696. The van der Waals surface area contributed by atoms with Gasteiger partial charge in [0.1, 0.15) is 36.0 Å². The molecular formula is C46H71N5O8S. The number of aliphatic imine (C=N–C) groups is 1. The number of thioether (sulfide) groups is 1. The summed E-state index contributed by atoms with van der Waals surface area (Å²) in [6.07, 6.45) is 4.25. The first-order valence-corrected chi connectivity index (χ1v) is 22.7. The van der Waals surface area contributed by atoms with Gasteiger partial charge in [-0.1, -0.05) is 73.1 Å². The van der Waals surface area contributed by atoms with E-state index in [0.717, 1.165) is 17.0 Å². The Kier molecular flexibility index (Phi) is 17.3. The molecule has 0 aromatic heterocycles. The number of hydrogen-bond donors (Lipinski definition) is 2. The van der Waals surface area contributed by atoms with Crippen LogP contribution in [0.15, 0.2) is 40.9 Å². The highest BCUT2D eigenvalue weighted by Crippen LogP contribution is 2.34. The highest BCUT2D eigenvalue weighted by Gasteiger charge is 2.44. The first kappa shape index (κ1) is 48.8. The van der Waals surface area contributed by atoms with Gasteiger partial charge in [-0.05, 0) is 80.9 Å². The summed E-state index contributed by atoms with van der Waals surface area (Å²) in [5.41, 5.74) is 0.756. The van der Waals surface area contributed by atoms with E-state index >= 15 is 0 Å². The highest BCUT2D eigenvalue weighted by atomic mass is 32.2. The lowest BCUT2D eigenvalue weighted by molar-refractivity contribution is -0.169. The van der Waals surface area contributed by atoms with E-state index in [-0.39, 0.29) is 36.1 Å². The average molecular weight is 854 g/mol. The van der Waals surface area contributed by atoms with Crippen LogP contribution in [-0.4, -0.2) is 130 Å². The van der Waals surface area contributed by atoms with E-state index in [1.54, 1.807) is 62.9 Å². The smallest absolute Gasteiger partial charge is 0.329 e. The number of fused-ring (bicyclic) bond motifs is 2. The standard InChI is InChI=1S/C46H71N5O8S/c1-13-28(3)39-44(56)51-21-15-14-16-36(51)45(57)59-38(46(7,8)9)23-27(2)22-37(52)30(5)41-47-33(26-60-41)24-29(4)40(53)48-35(25-32-17-19-34(58-12)20-18-32)43(55)49(10)31(6)42(54)50(39)11/h17-20,24,27-28,30-31,33,35-39,52H,13-16,21-23,25-26H2,1-12H3,(H,48,53)/b29-24+/t27-,28-,30-,31-,33-,35-,36-,37-,38-,39-/m0/s1. The van der Waals surface area contributed by atoms with Gasteiger partial charge in [0, 0.05) is 44.3 Å². The number of ether oxygens (including phenoxy) is 2. The van der Waals surface area contributed by atoms with Gasteiger partial charge in [0.05, 0.1) is 24.3 Å². The molecule has 0 saturated carbocycles. The molecule has 1 aromatic carbocycles. The molecule has 0 unspecified atom stereocenters. The van der Waals surface area contributed by atoms with Crippen LogP contribution >= 0.6 is 11.8 Å². The fourth-order valence-corrected chi connectivity index (χ4v) is 9.42. The van der Waals surface area contributed by atoms with Gasteiger partial charge < -0.3 is 34.6 Å². The largest absolute Gasteiger partial charge is 0.497 e. The number of esters is 1. The Morgan fingerprint density at radius 3 is 2.27 bits per heavy atom. The normalized spacial score (nSPS) is 31.5. The molecule has 0 spiro atoms. The van der Waals surface area contributed by atoms with Crippen LogP contribution in [0.1, 0.15) is 106 Å². The van der Waals surface area contributed by atoms with Crippen LogP contribution in [0.25, 0.3) is 0 Å². The lowest BCUT2D eigenvalue weighted by atomic mass is 9.81. The Morgan fingerprint density at radius 2 is 1.65 bits per heavy atom. The topological polar surface area (TPSA) is 158 Å². The van der Waals surface area contributed by atoms with Gasteiger partial charge in [0.25, 0.3) is 0 Å². The number of cyclic esters (lactones) is 1. The minimum absolute atomic E-state index is 0.00480. The van der Waals surface area contributed by atoms with Crippen molar-refractivity contribution < 1.29 is 38.6 Å². The molecule has 4 amide bonds.